The van der Waals surface area contributed by atoms with E-state index in [2.05, 4.69) is 44.1 Å². The summed E-state index contributed by atoms with van der Waals surface area (Å²) in [6.07, 6.45) is 3.79. The Morgan fingerprint density at radius 3 is 2.50 bits per heavy atom. The Bertz CT molecular complexity index is 457. The van der Waals surface area contributed by atoms with Crippen LogP contribution in [-0.2, 0) is 0 Å². The molecule has 0 saturated heterocycles. The molecule has 0 aliphatic carbocycles. The molecule has 0 N–H and O–H groups in total. The van der Waals surface area contributed by atoms with Crippen LogP contribution in [-0.4, -0.2) is 23.4 Å². The third-order valence-corrected chi connectivity index (χ3v) is 8.34. The summed E-state index contributed by atoms with van der Waals surface area (Å²) in [6, 6.07) is 8.91. The van der Waals surface area contributed by atoms with Gasteiger partial charge in [0.25, 0.3) is 0 Å². The van der Waals surface area contributed by atoms with E-state index in [0.29, 0.717) is 0 Å². The summed E-state index contributed by atoms with van der Waals surface area (Å²) >= 11 is -1.88. The molecule has 1 aromatic heterocycles. The Labute approximate surface area is 89.0 Å². The van der Waals surface area contributed by atoms with Gasteiger partial charge in [0.1, 0.15) is 0 Å². The Morgan fingerprint density at radius 1 is 1.00 bits per heavy atom. The fraction of sp³-hybridized carbons (Fsp3) is 0.250. The summed E-state index contributed by atoms with van der Waals surface area (Å²) in [5.41, 5.74) is 0. The Morgan fingerprint density at radius 2 is 1.79 bits per heavy atom. The van der Waals surface area contributed by atoms with Crippen LogP contribution in [0.3, 0.4) is 0 Å². The normalized spacial score (nSPS) is 11.9. The molecule has 72 valence electrons. The van der Waals surface area contributed by atoms with E-state index >= 15 is 0 Å². The predicted molar refractivity (Wildman–Crippen MR) is 64.7 cm³/mol. The number of hydrogen-bond donors (Lipinski definition) is 0. The van der Waals surface area contributed by atoms with Gasteiger partial charge in [-0.25, -0.2) is 0 Å². The van der Waals surface area contributed by atoms with Crippen LogP contribution < -0.4 is 3.58 Å². The zero-order valence-corrected chi connectivity index (χ0v) is 11.8. The first kappa shape index (κ1) is 9.96. The summed E-state index contributed by atoms with van der Waals surface area (Å²) < 4.78 is 1.58. The van der Waals surface area contributed by atoms with E-state index in [9.17, 15) is 0 Å². The molecular weight excluding hydrogens is 277 g/mol. The molecule has 14 heavy (non-hydrogen) atoms. The van der Waals surface area contributed by atoms with Gasteiger partial charge in [-0.3, -0.25) is 0 Å². The molecule has 0 saturated carbocycles. The molecule has 0 amide bonds. The second-order valence-corrected chi connectivity index (χ2v) is 19.2. The monoisotopic (exact) mass is 293 g/mol. The van der Waals surface area contributed by atoms with Crippen LogP contribution in [0.25, 0.3) is 10.8 Å². The average Bonchev–Trinajstić information content (AvgIpc) is 2.16. The molecule has 2 aromatic rings. The van der Waals surface area contributed by atoms with Crippen LogP contribution in [0.15, 0.2) is 36.7 Å². The maximum atomic E-state index is 4.12. The molecule has 0 aliphatic rings. The van der Waals surface area contributed by atoms with E-state index < -0.39 is 18.4 Å². The molecule has 1 heterocycles. The zero-order chi connectivity index (χ0) is 10.2. The van der Waals surface area contributed by atoms with E-state index in [1.807, 2.05) is 12.4 Å². The van der Waals surface area contributed by atoms with E-state index in [1.165, 1.54) is 10.8 Å². The number of benzene rings is 1. The molecule has 0 aliphatic heterocycles. The van der Waals surface area contributed by atoms with Crippen molar-refractivity contribution >= 4 is 32.7 Å². The zero-order valence-electron chi connectivity index (χ0n) is 8.91. The molecule has 1 nitrogen and oxygen atoms in total. The molecule has 0 atom stereocenters. The van der Waals surface area contributed by atoms with Gasteiger partial charge in [0.05, 0.1) is 0 Å². The summed E-state index contributed by atoms with van der Waals surface area (Å²) in [7, 11) is 0. The van der Waals surface area contributed by atoms with Crippen LogP contribution in [0, 0.1) is 0 Å². The standard InChI is InChI=1S/C9H6N.3CH3.Sn/c1-2-4-9-7-10-6-5-8(9)3-1;;;;/h2-7H;3*1H3;. The quantitative estimate of drug-likeness (QED) is 0.736. The van der Waals surface area contributed by atoms with Gasteiger partial charge in [0.2, 0.25) is 0 Å². The third kappa shape index (κ3) is 1.92. The topological polar surface area (TPSA) is 12.9 Å². The van der Waals surface area contributed by atoms with Crippen molar-refractivity contribution in [3.63, 3.8) is 0 Å². The fourth-order valence-corrected chi connectivity index (χ4v) is 4.89. The van der Waals surface area contributed by atoms with Crippen LogP contribution in [0.4, 0.5) is 0 Å². The molecule has 0 fully saturated rings. The van der Waals surface area contributed by atoms with E-state index in [4.69, 9.17) is 0 Å². The summed E-state index contributed by atoms with van der Waals surface area (Å²) in [5.74, 6) is 0. The average molecular weight is 292 g/mol. The van der Waals surface area contributed by atoms with Gasteiger partial charge in [-0.05, 0) is 0 Å². The maximum absolute atomic E-state index is 4.12. The number of nitrogens with zero attached hydrogens (tertiary/aromatic N) is 1. The predicted octanol–water partition coefficient (Wildman–Crippen LogP) is 2.78. The van der Waals surface area contributed by atoms with Crippen LogP contribution in [0.1, 0.15) is 0 Å². The molecule has 1 aromatic carbocycles. The van der Waals surface area contributed by atoms with Gasteiger partial charge in [-0.2, -0.15) is 0 Å². The Kier molecular flexibility index (Phi) is 2.52. The van der Waals surface area contributed by atoms with Gasteiger partial charge >= 0.3 is 89.2 Å². The van der Waals surface area contributed by atoms with Crippen molar-refractivity contribution in [1.82, 2.24) is 4.98 Å². The van der Waals surface area contributed by atoms with E-state index in [0.717, 1.165) is 0 Å². The number of rotatable bonds is 1. The van der Waals surface area contributed by atoms with Crippen LogP contribution >= 0.6 is 0 Å². The number of aromatic nitrogens is 1. The molecule has 0 spiro atoms. The van der Waals surface area contributed by atoms with Crippen molar-refractivity contribution in [3.05, 3.63) is 36.7 Å². The SMILES string of the molecule is [CH3][Sn]([CH3])([CH3])[c]1ccc2cnccc2c1. The van der Waals surface area contributed by atoms with E-state index in [-0.39, 0.29) is 0 Å². The van der Waals surface area contributed by atoms with Gasteiger partial charge in [0.15, 0.2) is 0 Å². The third-order valence-electron chi connectivity index (χ3n) is 2.51. The Hall–Kier alpha value is -0.571. The number of pyridine rings is 1. The molecule has 2 rings (SSSR count). The minimum absolute atomic E-state index is 1.24. The first-order valence-electron chi connectivity index (χ1n) is 4.92. The summed E-state index contributed by atoms with van der Waals surface area (Å²) in [6.45, 7) is 0. The number of hydrogen-bond acceptors (Lipinski definition) is 1. The van der Waals surface area contributed by atoms with Gasteiger partial charge < -0.3 is 0 Å². The second kappa shape index (κ2) is 3.54. The summed E-state index contributed by atoms with van der Waals surface area (Å²) in [4.78, 5) is 11.4. The summed E-state index contributed by atoms with van der Waals surface area (Å²) in [5, 5.41) is 2.57. The molecule has 2 heteroatoms. The first-order chi connectivity index (χ1) is 6.57. The van der Waals surface area contributed by atoms with Crippen molar-refractivity contribution in [3.8, 4) is 0 Å². The first-order valence-corrected chi connectivity index (χ1v) is 14.9. The molecule has 0 unspecified atom stereocenters. The minimum atomic E-state index is -1.88. The molecular formula is C12H15NSn. The molecule has 0 bridgehead atoms. The van der Waals surface area contributed by atoms with Crippen molar-refractivity contribution in [2.45, 2.75) is 14.8 Å². The van der Waals surface area contributed by atoms with Gasteiger partial charge in [0, 0.05) is 0 Å². The number of fused-ring (bicyclic) bond motifs is 1. The fourth-order valence-electron chi connectivity index (χ4n) is 1.55. The van der Waals surface area contributed by atoms with Crippen LogP contribution in [0.2, 0.25) is 14.8 Å². The van der Waals surface area contributed by atoms with Gasteiger partial charge in [-0.15, -0.1) is 0 Å². The van der Waals surface area contributed by atoms with E-state index in [1.54, 1.807) is 3.58 Å². The van der Waals surface area contributed by atoms with Crippen molar-refractivity contribution in [1.29, 1.82) is 0 Å². The Balaban J connectivity index is 2.63. The second-order valence-electron chi connectivity index (χ2n) is 4.69. The van der Waals surface area contributed by atoms with Crippen molar-refractivity contribution < 1.29 is 0 Å². The van der Waals surface area contributed by atoms with Crippen LogP contribution in [0.5, 0.6) is 0 Å². The van der Waals surface area contributed by atoms with Crippen molar-refractivity contribution in [2.24, 2.45) is 0 Å². The van der Waals surface area contributed by atoms with Gasteiger partial charge in [-0.1, -0.05) is 0 Å². The van der Waals surface area contributed by atoms with Crippen molar-refractivity contribution in [2.75, 3.05) is 0 Å². The molecule has 0 radical (unpaired) electrons.